The molecule has 0 atom stereocenters. The van der Waals surface area contributed by atoms with Gasteiger partial charge in [-0.25, -0.2) is 15.0 Å². The quantitative estimate of drug-likeness (QED) is 0.198. The van der Waals surface area contributed by atoms with E-state index in [0.717, 1.165) is 45.3 Å². The van der Waals surface area contributed by atoms with E-state index in [9.17, 15) is 0 Å². The molecule has 5 heteroatoms. The van der Waals surface area contributed by atoms with Crippen LogP contribution in [0.4, 0.5) is 17.1 Å². The average Bonchev–Trinajstić information content (AvgIpc) is 3.07. The molecule has 0 N–H and O–H groups in total. The maximum Gasteiger partial charge on any atom is 0.164 e. The zero-order valence-corrected chi connectivity index (χ0v) is 25.4. The summed E-state index contributed by atoms with van der Waals surface area (Å²) in [5.74, 6) is 4.48. The summed E-state index contributed by atoms with van der Waals surface area (Å²) < 4.78 is 6.55. The zero-order valence-electron chi connectivity index (χ0n) is 25.4. The van der Waals surface area contributed by atoms with Crippen molar-refractivity contribution >= 4 is 17.1 Å². The molecule has 6 aromatic rings. The third-order valence-corrected chi connectivity index (χ3v) is 8.09. The van der Waals surface area contributed by atoms with Crippen LogP contribution >= 0.6 is 0 Å². The number of hydrogen-bond acceptors (Lipinski definition) is 5. The Hall–Kier alpha value is -5.29. The van der Waals surface area contributed by atoms with Crippen LogP contribution in [0.2, 0.25) is 0 Å². The Bertz CT molecular complexity index is 1820. The number of aromatic nitrogens is 3. The van der Waals surface area contributed by atoms with Crippen LogP contribution in [0.15, 0.2) is 121 Å². The normalized spacial score (nSPS) is 12.2. The van der Waals surface area contributed by atoms with Crippen LogP contribution in [0, 0.1) is 0 Å². The lowest BCUT2D eigenvalue weighted by molar-refractivity contribution is 0.474. The predicted octanol–water partition coefficient (Wildman–Crippen LogP) is 10.7. The number of hydrogen-bond donors (Lipinski definition) is 0. The van der Waals surface area contributed by atoms with E-state index in [1.54, 1.807) is 0 Å². The minimum absolute atomic E-state index is 0.405. The number of anilines is 3. The van der Waals surface area contributed by atoms with Crippen molar-refractivity contribution in [3.05, 3.63) is 132 Å². The van der Waals surface area contributed by atoms with Crippen molar-refractivity contribution in [2.24, 2.45) is 0 Å². The number of rotatable bonds is 6. The van der Waals surface area contributed by atoms with E-state index in [1.807, 2.05) is 60.7 Å². The van der Waals surface area contributed by atoms with Crippen LogP contribution in [0.1, 0.15) is 50.7 Å². The Morgan fingerprint density at radius 3 is 1.30 bits per heavy atom. The number of benzene rings is 5. The fourth-order valence-corrected chi connectivity index (χ4v) is 5.54. The summed E-state index contributed by atoms with van der Waals surface area (Å²) in [5.41, 5.74) is 8.40. The van der Waals surface area contributed by atoms with Crippen molar-refractivity contribution in [1.82, 2.24) is 15.0 Å². The van der Waals surface area contributed by atoms with Crippen LogP contribution in [0.3, 0.4) is 0 Å². The maximum absolute atomic E-state index is 6.55. The first-order valence-corrected chi connectivity index (χ1v) is 15.2. The largest absolute Gasteiger partial charge is 0.453 e. The third-order valence-electron chi connectivity index (χ3n) is 8.09. The molecule has 1 aliphatic heterocycles. The van der Waals surface area contributed by atoms with E-state index in [-0.39, 0.29) is 0 Å². The highest BCUT2D eigenvalue weighted by Crippen LogP contribution is 2.51. The maximum atomic E-state index is 6.55. The Balaban J connectivity index is 1.32. The molecule has 0 bridgehead atoms. The Labute approximate surface area is 258 Å². The third kappa shape index (κ3) is 5.22. The fourth-order valence-electron chi connectivity index (χ4n) is 5.54. The van der Waals surface area contributed by atoms with Crippen LogP contribution in [-0.4, -0.2) is 15.0 Å². The van der Waals surface area contributed by atoms with Crippen LogP contribution in [0.5, 0.6) is 11.5 Å². The molecule has 0 saturated carbocycles. The van der Waals surface area contributed by atoms with Gasteiger partial charge in [-0.2, -0.15) is 0 Å². The summed E-state index contributed by atoms with van der Waals surface area (Å²) in [5, 5.41) is 0. The van der Waals surface area contributed by atoms with Gasteiger partial charge in [0.25, 0.3) is 0 Å². The van der Waals surface area contributed by atoms with Gasteiger partial charge in [0, 0.05) is 22.4 Å². The standard InChI is InChI=1S/C39H34N4O/c1-25(2)30-17-21-33-35(23-30)44-36-24-31(26(3)4)18-22-34(36)43(33)32-19-15-29(16-20-32)39-41-37(27-11-7-5-8-12-27)40-38(42-39)28-13-9-6-10-14-28/h5-26H,1-4H3. The summed E-state index contributed by atoms with van der Waals surface area (Å²) in [6.07, 6.45) is 0. The van der Waals surface area contributed by atoms with Crippen LogP contribution < -0.4 is 9.64 Å². The Morgan fingerprint density at radius 1 is 0.477 bits per heavy atom. The van der Waals surface area contributed by atoms with Crippen molar-refractivity contribution in [2.75, 3.05) is 4.90 Å². The monoisotopic (exact) mass is 574 g/mol. The van der Waals surface area contributed by atoms with E-state index < -0.39 is 0 Å². The molecule has 216 valence electrons. The van der Waals surface area contributed by atoms with E-state index in [0.29, 0.717) is 29.3 Å². The first-order valence-electron chi connectivity index (χ1n) is 15.2. The lowest BCUT2D eigenvalue weighted by Gasteiger charge is -2.34. The summed E-state index contributed by atoms with van der Waals surface area (Å²) in [6, 6.07) is 41.6. The molecular formula is C39H34N4O. The van der Waals surface area contributed by atoms with E-state index >= 15 is 0 Å². The fraction of sp³-hybridized carbons (Fsp3) is 0.154. The molecule has 2 heterocycles. The molecule has 5 nitrogen and oxygen atoms in total. The number of nitrogens with zero attached hydrogens (tertiary/aromatic N) is 4. The predicted molar refractivity (Wildman–Crippen MR) is 179 cm³/mol. The Kier molecular flexibility index (Phi) is 7.15. The zero-order chi connectivity index (χ0) is 30.2. The van der Waals surface area contributed by atoms with Gasteiger partial charge in [0.2, 0.25) is 0 Å². The van der Waals surface area contributed by atoms with Crippen molar-refractivity contribution in [2.45, 2.75) is 39.5 Å². The van der Waals surface area contributed by atoms with Gasteiger partial charge in [-0.1, -0.05) is 100 Å². The molecule has 0 spiro atoms. The molecule has 0 radical (unpaired) electrons. The lowest BCUT2D eigenvalue weighted by atomic mass is 9.99. The molecule has 44 heavy (non-hydrogen) atoms. The second kappa shape index (κ2) is 11.4. The summed E-state index contributed by atoms with van der Waals surface area (Å²) in [4.78, 5) is 16.9. The van der Waals surface area contributed by atoms with Gasteiger partial charge in [-0.3, -0.25) is 0 Å². The molecule has 0 aliphatic carbocycles. The van der Waals surface area contributed by atoms with Gasteiger partial charge < -0.3 is 9.64 Å². The highest BCUT2D eigenvalue weighted by atomic mass is 16.5. The van der Waals surface area contributed by atoms with Gasteiger partial charge >= 0.3 is 0 Å². The lowest BCUT2D eigenvalue weighted by Crippen LogP contribution is -2.16. The van der Waals surface area contributed by atoms with Crippen molar-refractivity contribution < 1.29 is 4.74 Å². The van der Waals surface area contributed by atoms with E-state index in [4.69, 9.17) is 19.7 Å². The van der Waals surface area contributed by atoms with Crippen LogP contribution in [0.25, 0.3) is 34.2 Å². The second-order valence-electron chi connectivity index (χ2n) is 11.8. The number of ether oxygens (including phenoxy) is 1. The van der Waals surface area contributed by atoms with Gasteiger partial charge in [-0.05, 0) is 71.5 Å². The molecule has 1 aliphatic rings. The SMILES string of the molecule is CC(C)c1ccc2c(c1)Oc1cc(C(C)C)ccc1N2c1ccc(-c2nc(-c3ccccc3)nc(-c3ccccc3)n2)cc1. The van der Waals surface area contributed by atoms with E-state index in [2.05, 4.69) is 93.3 Å². The molecule has 0 saturated heterocycles. The summed E-state index contributed by atoms with van der Waals surface area (Å²) in [6.45, 7) is 8.83. The van der Waals surface area contributed by atoms with Crippen molar-refractivity contribution in [3.8, 4) is 45.7 Å². The molecule has 0 fully saturated rings. The first-order chi connectivity index (χ1) is 21.4. The highest BCUT2D eigenvalue weighted by Gasteiger charge is 2.27. The van der Waals surface area contributed by atoms with Crippen LogP contribution in [-0.2, 0) is 0 Å². The van der Waals surface area contributed by atoms with Gasteiger partial charge in [0.05, 0.1) is 11.4 Å². The molecule has 0 unspecified atom stereocenters. The summed E-state index contributed by atoms with van der Waals surface area (Å²) >= 11 is 0. The number of fused-ring (bicyclic) bond motifs is 2. The molecule has 5 aromatic carbocycles. The highest BCUT2D eigenvalue weighted by molar-refractivity contribution is 5.87. The molecular weight excluding hydrogens is 540 g/mol. The average molecular weight is 575 g/mol. The van der Waals surface area contributed by atoms with Gasteiger partial charge in [-0.15, -0.1) is 0 Å². The minimum atomic E-state index is 0.405. The summed E-state index contributed by atoms with van der Waals surface area (Å²) in [7, 11) is 0. The molecule has 1 aromatic heterocycles. The van der Waals surface area contributed by atoms with Gasteiger partial charge in [0.15, 0.2) is 29.0 Å². The van der Waals surface area contributed by atoms with Crippen molar-refractivity contribution in [1.29, 1.82) is 0 Å². The van der Waals surface area contributed by atoms with Crippen molar-refractivity contribution in [3.63, 3.8) is 0 Å². The molecule has 0 amide bonds. The molecule has 7 rings (SSSR count). The van der Waals surface area contributed by atoms with Gasteiger partial charge in [0.1, 0.15) is 0 Å². The van der Waals surface area contributed by atoms with E-state index in [1.165, 1.54) is 11.1 Å². The topological polar surface area (TPSA) is 51.1 Å². The minimum Gasteiger partial charge on any atom is -0.453 e. The first kappa shape index (κ1) is 27.5. The Morgan fingerprint density at radius 2 is 0.886 bits per heavy atom. The second-order valence-corrected chi connectivity index (χ2v) is 11.8. The smallest absolute Gasteiger partial charge is 0.164 e.